The molecule has 16 heavy (non-hydrogen) atoms. The number of hydrogen-bond donors (Lipinski definition) is 0. The van der Waals surface area contributed by atoms with E-state index in [1.165, 1.54) is 14.1 Å². The van der Waals surface area contributed by atoms with Gasteiger partial charge in [-0.3, -0.25) is 0 Å². The van der Waals surface area contributed by atoms with Gasteiger partial charge in [0.1, 0.15) is 0 Å². The first-order valence-corrected chi connectivity index (χ1v) is 5.01. The zero-order valence-electron chi connectivity index (χ0n) is 8.39. The maximum absolute atomic E-state index is 11.7. The van der Waals surface area contributed by atoms with Gasteiger partial charge >= 0.3 is 12.4 Å². The molecule has 0 heterocycles. The van der Waals surface area contributed by atoms with Gasteiger partial charge in [-0.1, -0.05) is 0 Å². The van der Waals surface area contributed by atoms with Gasteiger partial charge in [0.25, 0.3) is 8.53 Å². The summed E-state index contributed by atoms with van der Waals surface area (Å²) in [5, 5.41) is 0. The molecule has 0 saturated heterocycles. The van der Waals surface area contributed by atoms with Crippen molar-refractivity contribution in [3.05, 3.63) is 0 Å². The molecule has 0 aliphatic rings. The number of nitrogens with zero attached hydrogens (tertiary/aromatic N) is 1. The second-order valence-corrected chi connectivity index (χ2v) is 4.65. The van der Waals surface area contributed by atoms with E-state index in [-0.39, 0.29) is 0 Å². The lowest BCUT2D eigenvalue weighted by Gasteiger charge is -2.23. The predicted octanol–water partition coefficient (Wildman–Crippen LogP) is 2.93. The van der Waals surface area contributed by atoms with Crippen LogP contribution < -0.4 is 0 Å². The number of alkyl halides is 6. The molecule has 0 fully saturated rings. The summed E-state index contributed by atoms with van der Waals surface area (Å²) in [5.41, 5.74) is 0. The summed E-state index contributed by atoms with van der Waals surface area (Å²) in [6.45, 7) is -3.29. The Kier molecular flexibility index (Phi) is 5.95. The molecule has 3 nitrogen and oxygen atoms in total. The van der Waals surface area contributed by atoms with E-state index in [4.69, 9.17) is 0 Å². The fourth-order valence-electron chi connectivity index (χ4n) is 0.525. The van der Waals surface area contributed by atoms with Crippen LogP contribution in [-0.4, -0.2) is 44.3 Å². The first-order valence-electron chi connectivity index (χ1n) is 3.88. The van der Waals surface area contributed by atoms with Crippen LogP contribution in [0.25, 0.3) is 0 Å². The molecule has 0 aromatic carbocycles. The molecule has 0 saturated carbocycles. The lowest BCUT2D eigenvalue weighted by Crippen LogP contribution is -2.22. The van der Waals surface area contributed by atoms with E-state index in [9.17, 15) is 26.3 Å². The first kappa shape index (κ1) is 15.9. The van der Waals surface area contributed by atoms with Crippen molar-refractivity contribution in [1.29, 1.82) is 0 Å². The molecule has 0 N–H and O–H groups in total. The number of hydrogen-bond acceptors (Lipinski definition) is 3. The molecule has 0 aliphatic carbocycles. The summed E-state index contributed by atoms with van der Waals surface area (Å²) in [6, 6.07) is 0. The Morgan fingerprint density at radius 1 is 0.875 bits per heavy atom. The summed E-state index contributed by atoms with van der Waals surface area (Å²) < 4.78 is 79.9. The van der Waals surface area contributed by atoms with Gasteiger partial charge in [-0.05, 0) is 14.1 Å². The second-order valence-electron chi connectivity index (χ2n) is 2.86. The van der Waals surface area contributed by atoms with Gasteiger partial charge in [0.05, 0.1) is 0 Å². The van der Waals surface area contributed by atoms with E-state index < -0.39 is 34.1 Å². The van der Waals surface area contributed by atoms with Crippen LogP contribution in [0.5, 0.6) is 0 Å². The van der Waals surface area contributed by atoms with E-state index in [0.29, 0.717) is 0 Å². The highest BCUT2D eigenvalue weighted by molar-refractivity contribution is 7.44. The van der Waals surface area contributed by atoms with E-state index in [2.05, 4.69) is 9.05 Å². The Bertz CT molecular complexity index is 188. The Morgan fingerprint density at radius 3 is 1.38 bits per heavy atom. The van der Waals surface area contributed by atoms with E-state index in [1.54, 1.807) is 0 Å². The van der Waals surface area contributed by atoms with Crippen LogP contribution in [0.15, 0.2) is 0 Å². The van der Waals surface area contributed by atoms with Gasteiger partial charge < -0.3 is 9.05 Å². The zero-order chi connectivity index (χ0) is 13.0. The third-order valence-electron chi connectivity index (χ3n) is 1.00. The smallest absolute Gasteiger partial charge is 0.312 e. The fourth-order valence-corrected chi connectivity index (χ4v) is 1.58. The highest BCUT2D eigenvalue weighted by atomic mass is 31.2. The van der Waals surface area contributed by atoms with Crippen molar-refractivity contribution >= 4 is 8.53 Å². The Labute approximate surface area is 89.3 Å². The second kappa shape index (κ2) is 6.00. The number of halogens is 6. The van der Waals surface area contributed by atoms with Gasteiger partial charge in [0, 0.05) is 0 Å². The van der Waals surface area contributed by atoms with Crippen LogP contribution in [-0.2, 0) is 9.05 Å². The van der Waals surface area contributed by atoms with Crippen molar-refractivity contribution < 1.29 is 35.4 Å². The topological polar surface area (TPSA) is 21.7 Å². The van der Waals surface area contributed by atoms with E-state index in [1.807, 2.05) is 0 Å². The van der Waals surface area contributed by atoms with Crippen LogP contribution >= 0.6 is 8.53 Å². The van der Waals surface area contributed by atoms with Gasteiger partial charge in [-0.25, -0.2) is 4.67 Å². The summed E-state index contributed by atoms with van der Waals surface area (Å²) in [5.74, 6) is 0. The quantitative estimate of drug-likeness (QED) is 0.568. The van der Waals surface area contributed by atoms with Crippen molar-refractivity contribution in [3.63, 3.8) is 0 Å². The predicted molar refractivity (Wildman–Crippen MR) is 44.6 cm³/mol. The minimum Gasteiger partial charge on any atom is -0.312 e. The van der Waals surface area contributed by atoms with Crippen molar-refractivity contribution in [2.45, 2.75) is 12.4 Å². The lowest BCUT2D eigenvalue weighted by atomic mass is 10.7. The van der Waals surface area contributed by atoms with Crippen molar-refractivity contribution in [2.75, 3.05) is 27.3 Å². The normalized spacial score (nSPS) is 13.9. The largest absolute Gasteiger partial charge is 0.412 e. The molecule has 0 rings (SSSR count). The molecule has 0 unspecified atom stereocenters. The number of rotatable bonds is 5. The maximum Gasteiger partial charge on any atom is 0.412 e. The molecule has 0 amide bonds. The third kappa shape index (κ3) is 9.14. The monoisotopic (exact) mass is 273 g/mol. The van der Waals surface area contributed by atoms with Crippen molar-refractivity contribution in [3.8, 4) is 0 Å². The van der Waals surface area contributed by atoms with E-state index >= 15 is 0 Å². The molecule has 0 aromatic rings. The molecular formula is C6H10F6NO2P. The Morgan fingerprint density at radius 2 is 1.19 bits per heavy atom. The van der Waals surface area contributed by atoms with Crippen LogP contribution in [0.4, 0.5) is 26.3 Å². The molecule has 0 spiro atoms. The standard InChI is InChI=1S/C6H10F6NO2P/c1-13(2)16(14-3-5(7,8)9)15-4-6(10,11)12/h3-4H2,1-2H3. The molecule has 0 aliphatic heterocycles. The van der Waals surface area contributed by atoms with Gasteiger partial charge in [-0.15, -0.1) is 0 Å². The highest BCUT2D eigenvalue weighted by Crippen LogP contribution is 2.42. The Balaban J connectivity index is 4.09. The zero-order valence-corrected chi connectivity index (χ0v) is 9.29. The minimum atomic E-state index is -4.60. The SMILES string of the molecule is CN(C)P(OCC(F)(F)F)OCC(F)(F)F. The molecule has 0 radical (unpaired) electrons. The summed E-state index contributed by atoms with van der Waals surface area (Å²) >= 11 is 0. The summed E-state index contributed by atoms with van der Waals surface area (Å²) in [7, 11) is 0.170. The van der Waals surface area contributed by atoms with Crippen LogP contribution in [0.3, 0.4) is 0 Å². The summed E-state index contributed by atoms with van der Waals surface area (Å²) in [6.07, 6.45) is -9.20. The third-order valence-corrected chi connectivity index (χ3v) is 2.36. The van der Waals surface area contributed by atoms with Crippen molar-refractivity contribution in [1.82, 2.24) is 4.67 Å². The van der Waals surface area contributed by atoms with Gasteiger partial charge in [0.15, 0.2) is 13.2 Å². The van der Waals surface area contributed by atoms with Gasteiger partial charge in [0.2, 0.25) is 0 Å². The van der Waals surface area contributed by atoms with Crippen LogP contribution in [0.1, 0.15) is 0 Å². The van der Waals surface area contributed by atoms with Crippen LogP contribution in [0.2, 0.25) is 0 Å². The average molecular weight is 273 g/mol. The van der Waals surface area contributed by atoms with Crippen molar-refractivity contribution in [2.24, 2.45) is 0 Å². The molecule has 0 bridgehead atoms. The molecular weight excluding hydrogens is 263 g/mol. The molecule has 98 valence electrons. The first-order chi connectivity index (χ1) is 7.01. The van der Waals surface area contributed by atoms with Gasteiger partial charge in [-0.2, -0.15) is 26.3 Å². The fraction of sp³-hybridized carbons (Fsp3) is 1.00. The maximum atomic E-state index is 11.7. The minimum absolute atomic E-state index is 1.02. The van der Waals surface area contributed by atoms with Crippen LogP contribution in [0, 0.1) is 0 Å². The molecule has 0 aromatic heterocycles. The molecule has 10 heteroatoms. The van der Waals surface area contributed by atoms with E-state index in [0.717, 1.165) is 4.67 Å². The molecule has 0 atom stereocenters. The highest BCUT2D eigenvalue weighted by Gasteiger charge is 2.34. The summed E-state index contributed by atoms with van der Waals surface area (Å²) in [4.78, 5) is 0. The lowest BCUT2D eigenvalue weighted by molar-refractivity contribution is -0.164. The average Bonchev–Trinajstić information content (AvgIpc) is 1.98. The Hall–Kier alpha value is -0.110.